The van der Waals surface area contributed by atoms with Crippen LogP contribution >= 0.6 is 11.8 Å². The average molecular weight is 352 g/mol. The maximum absolute atomic E-state index is 12.6. The lowest BCUT2D eigenvalue weighted by Gasteiger charge is -2.05. The summed E-state index contributed by atoms with van der Waals surface area (Å²) >= 11 is 1.58. The van der Waals surface area contributed by atoms with Crippen molar-refractivity contribution in [3.8, 4) is 23.2 Å². The lowest BCUT2D eigenvalue weighted by Crippen LogP contribution is -2.05. The van der Waals surface area contributed by atoms with E-state index in [2.05, 4.69) is 20.2 Å². The first-order valence-electron chi connectivity index (χ1n) is 6.94. The Morgan fingerprint density at radius 1 is 1.08 bits per heavy atom. The molecule has 0 saturated carbocycles. The molecule has 0 aliphatic carbocycles. The highest BCUT2D eigenvalue weighted by atomic mass is 32.2. The third kappa shape index (κ3) is 3.40. The van der Waals surface area contributed by atoms with E-state index in [4.69, 9.17) is 4.42 Å². The first-order valence-corrected chi connectivity index (χ1v) is 7.93. The normalized spacial score (nSPS) is 11.7. The highest BCUT2D eigenvalue weighted by Crippen LogP contribution is 2.31. The van der Waals surface area contributed by atoms with Crippen molar-refractivity contribution in [3.63, 3.8) is 0 Å². The van der Waals surface area contributed by atoms with E-state index in [1.54, 1.807) is 24.0 Å². The Labute approximate surface area is 139 Å². The Balaban J connectivity index is 1.91. The molecule has 0 aromatic carbocycles. The van der Waals surface area contributed by atoms with E-state index in [1.807, 2.05) is 13.0 Å². The van der Waals surface area contributed by atoms with Crippen LogP contribution in [-0.4, -0.2) is 25.9 Å². The molecule has 0 bridgehead atoms. The second kappa shape index (κ2) is 6.60. The molecule has 24 heavy (non-hydrogen) atoms. The molecule has 0 aliphatic heterocycles. The van der Waals surface area contributed by atoms with Crippen molar-refractivity contribution in [1.82, 2.24) is 20.2 Å². The molecule has 0 saturated heterocycles. The number of rotatable bonds is 4. The van der Waals surface area contributed by atoms with Gasteiger partial charge >= 0.3 is 6.18 Å². The summed E-state index contributed by atoms with van der Waals surface area (Å²) in [6.07, 6.45) is -2.10. The summed E-state index contributed by atoms with van der Waals surface area (Å²) < 4.78 is 43.2. The average Bonchev–Trinajstić information content (AvgIpc) is 3.05. The molecular formula is C15H11F3N4OS. The van der Waals surface area contributed by atoms with Crippen LogP contribution in [0.4, 0.5) is 13.2 Å². The van der Waals surface area contributed by atoms with Gasteiger partial charge in [0.1, 0.15) is 11.4 Å². The van der Waals surface area contributed by atoms with E-state index in [9.17, 15) is 13.2 Å². The predicted molar refractivity (Wildman–Crippen MR) is 82.2 cm³/mol. The second-order valence-corrected chi connectivity index (χ2v) is 5.93. The molecule has 3 heterocycles. The fraction of sp³-hybridized carbons (Fsp3) is 0.200. The van der Waals surface area contributed by atoms with E-state index in [0.717, 1.165) is 22.9 Å². The van der Waals surface area contributed by atoms with Gasteiger partial charge in [-0.25, -0.2) is 4.98 Å². The van der Waals surface area contributed by atoms with Gasteiger partial charge in [0.25, 0.3) is 11.8 Å². The fourth-order valence-corrected chi connectivity index (χ4v) is 2.70. The minimum Gasteiger partial charge on any atom is -0.413 e. The monoisotopic (exact) mass is 352 g/mol. The molecule has 0 aliphatic rings. The van der Waals surface area contributed by atoms with E-state index >= 15 is 0 Å². The number of halogens is 3. The van der Waals surface area contributed by atoms with Crippen LogP contribution in [0.2, 0.25) is 0 Å². The predicted octanol–water partition coefficient (Wildman–Crippen LogP) is 4.32. The Morgan fingerprint density at radius 2 is 1.88 bits per heavy atom. The first-order chi connectivity index (χ1) is 11.5. The number of pyridine rings is 2. The Bertz CT molecular complexity index is 833. The molecule has 0 unspecified atom stereocenters. The molecule has 0 amide bonds. The van der Waals surface area contributed by atoms with E-state index in [1.165, 1.54) is 6.07 Å². The maximum atomic E-state index is 12.6. The summed E-state index contributed by atoms with van der Waals surface area (Å²) in [4.78, 5) is 8.86. The third-order valence-corrected chi connectivity index (χ3v) is 3.94. The molecule has 0 atom stereocenters. The minimum atomic E-state index is -4.44. The van der Waals surface area contributed by atoms with Gasteiger partial charge in [0.2, 0.25) is 0 Å². The molecule has 5 nitrogen and oxygen atoms in total. The lowest BCUT2D eigenvalue weighted by molar-refractivity contribution is -0.137. The van der Waals surface area contributed by atoms with Crippen LogP contribution < -0.4 is 0 Å². The zero-order chi connectivity index (χ0) is 17.2. The van der Waals surface area contributed by atoms with Gasteiger partial charge in [-0.3, -0.25) is 4.98 Å². The van der Waals surface area contributed by atoms with Crippen molar-refractivity contribution in [3.05, 3.63) is 42.2 Å². The molecule has 124 valence electrons. The maximum Gasteiger partial charge on any atom is 0.417 e. The highest BCUT2D eigenvalue weighted by Gasteiger charge is 2.31. The molecule has 0 radical (unpaired) electrons. The molecule has 0 fully saturated rings. The van der Waals surface area contributed by atoms with Gasteiger partial charge in [0, 0.05) is 17.3 Å². The molecule has 3 aromatic rings. The van der Waals surface area contributed by atoms with Gasteiger partial charge in [-0.15, -0.1) is 22.0 Å². The van der Waals surface area contributed by atoms with E-state index < -0.39 is 11.7 Å². The molecule has 0 N–H and O–H groups in total. The van der Waals surface area contributed by atoms with Gasteiger partial charge in [-0.2, -0.15) is 13.2 Å². The van der Waals surface area contributed by atoms with Crippen molar-refractivity contribution in [1.29, 1.82) is 0 Å². The molecule has 0 spiro atoms. The van der Waals surface area contributed by atoms with Crippen molar-refractivity contribution >= 4 is 11.8 Å². The zero-order valence-corrected chi connectivity index (χ0v) is 13.2. The van der Waals surface area contributed by atoms with Crippen molar-refractivity contribution < 1.29 is 17.6 Å². The summed E-state index contributed by atoms with van der Waals surface area (Å²) in [5.74, 6) is 1.08. The molecular weight excluding hydrogens is 341 g/mol. The van der Waals surface area contributed by atoms with Gasteiger partial charge in [0.05, 0.1) is 5.56 Å². The van der Waals surface area contributed by atoms with Crippen LogP contribution in [0.25, 0.3) is 23.2 Å². The number of aromatic nitrogens is 4. The first kappa shape index (κ1) is 16.4. The Kier molecular flexibility index (Phi) is 4.52. The zero-order valence-electron chi connectivity index (χ0n) is 12.4. The van der Waals surface area contributed by atoms with E-state index in [0.29, 0.717) is 5.69 Å². The third-order valence-electron chi connectivity index (χ3n) is 3.01. The Hall–Kier alpha value is -2.42. The quantitative estimate of drug-likeness (QED) is 0.652. The van der Waals surface area contributed by atoms with Gasteiger partial charge in [-0.1, -0.05) is 6.92 Å². The number of hydrogen-bond acceptors (Lipinski definition) is 6. The summed E-state index contributed by atoms with van der Waals surface area (Å²) in [6, 6.07) is 5.80. The molecule has 3 rings (SSSR count). The number of nitrogens with zero attached hydrogens (tertiary/aromatic N) is 4. The van der Waals surface area contributed by atoms with Crippen LogP contribution in [0.5, 0.6) is 0 Å². The van der Waals surface area contributed by atoms with Gasteiger partial charge < -0.3 is 4.42 Å². The summed E-state index contributed by atoms with van der Waals surface area (Å²) in [5.41, 5.74) is -0.130. The largest absolute Gasteiger partial charge is 0.417 e. The Morgan fingerprint density at radius 3 is 2.54 bits per heavy atom. The van der Waals surface area contributed by atoms with Crippen LogP contribution in [-0.2, 0) is 6.18 Å². The van der Waals surface area contributed by atoms with E-state index in [-0.39, 0.29) is 17.5 Å². The van der Waals surface area contributed by atoms with Crippen LogP contribution in [0.1, 0.15) is 12.5 Å². The van der Waals surface area contributed by atoms with Gasteiger partial charge in [0.15, 0.2) is 0 Å². The smallest absolute Gasteiger partial charge is 0.413 e. The highest BCUT2D eigenvalue weighted by molar-refractivity contribution is 7.99. The number of hydrogen-bond donors (Lipinski definition) is 0. The van der Waals surface area contributed by atoms with Crippen LogP contribution in [0.15, 0.2) is 46.0 Å². The molecule has 3 aromatic heterocycles. The van der Waals surface area contributed by atoms with Crippen LogP contribution in [0.3, 0.4) is 0 Å². The standard InChI is InChI=1S/C15H11F3N4OS/c1-2-24-11-4-3-7-19-12(11)14-22-21-13(23-14)10-6-5-9(8-20-10)15(16,17)18/h3-8H,2H2,1H3. The van der Waals surface area contributed by atoms with Crippen molar-refractivity contribution in [2.24, 2.45) is 0 Å². The lowest BCUT2D eigenvalue weighted by atomic mass is 10.2. The topological polar surface area (TPSA) is 64.7 Å². The minimum absolute atomic E-state index is 0.0387. The van der Waals surface area contributed by atoms with Crippen molar-refractivity contribution in [2.45, 2.75) is 18.0 Å². The summed E-state index contributed by atoms with van der Waals surface area (Å²) in [7, 11) is 0. The summed E-state index contributed by atoms with van der Waals surface area (Å²) in [6.45, 7) is 2.01. The van der Waals surface area contributed by atoms with Crippen LogP contribution in [0, 0.1) is 0 Å². The SMILES string of the molecule is CCSc1cccnc1-c1nnc(-c2ccc(C(F)(F)F)cn2)o1. The van der Waals surface area contributed by atoms with Gasteiger partial charge in [-0.05, 0) is 30.0 Å². The van der Waals surface area contributed by atoms with Crippen molar-refractivity contribution in [2.75, 3.05) is 5.75 Å². The number of alkyl halides is 3. The second-order valence-electron chi connectivity index (χ2n) is 4.63. The summed E-state index contributed by atoms with van der Waals surface area (Å²) in [5, 5.41) is 7.77. The fourth-order valence-electron chi connectivity index (χ4n) is 1.93. The number of thioether (sulfide) groups is 1. The molecule has 9 heteroatoms.